The Morgan fingerprint density at radius 3 is 2.39 bits per heavy atom. The molecule has 0 radical (unpaired) electrons. The molecule has 2 atom stereocenters. The van der Waals surface area contributed by atoms with Crippen LogP contribution in [0.25, 0.3) is 0 Å². The van der Waals surface area contributed by atoms with Crippen molar-refractivity contribution in [1.82, 2.24) is 9.21 Å². The van der Waals surface area contributed by atoms with Crippen LogP contribution < -0.4 is 5.32 Å². The van der Waals surface area contributed by atoms with Gasteiger partial charge in [-0.3, -0.25) is 14.4 Å². The van der Waals surface area contributed by atoms with Gasteiger partial charge in [-0.05, 0) is 68.6 Å². The average Bonchev–Trinajstić information content (AvgIpc) is 2.87. The summed E-state index contributed by atoms with van der Waals surface area (Å²) >= 11 is 3.89. The van der Waals surface area contributed by atoms with E-state index in [0.717, 1.165) is 38.5 Å². The molecule has 1 aliphatic heterocycles. The zero-order chi connectivity index (χ0) is 27.6. The molecular weight excluding hydrogens is 578 g/mol. The van der Waals surface area contributed by atoms with E-state index in [1.807, 2.05) is 0 Å². The molecule has 10 nitrogen and oxygen atoms in total. The van der Waals surface area contributed by atoms with Crippen LogP contribution in [-0.4, -0.2) is 87.2 Å². The van der Waals surface area contributed by atoms with Crippen LogP contribution in [0.5, 0.6) is 0 Å². The van der Waals surface area contributed by atoms with Crippen molar-refractivity contribution in [3.8, 4) is 0 Å². The van der Waals surface area contributed by atoms with Gasteiger partial charge in [0.1, 0.15) is 0 Å². The predicted molar refractivity (Wildman–Crippen MR) is 144 cm³/mol. The zero-order valence-corrected chi connectivity index (χ0v) is 24.3. The minimum atomic E-state index is -3.67. The number of morpholine rings is 1. The van der Waals surface area contributed by atoms with E-state index in [1.165, 1.54) is 27.8 Å². The summed E-state index contributed by atoms with van der Waals surface area (Å²) in [5.74, 6) is 0.327. The number of alkyl halides is 1. The fraction of sp³-hybridized carbons (Fsp3) is 0.654. The lowest BCUT2D eigenvalue weighted by atomic mass is 9.49. The van der Waals surface area contributed by atoms with Crippen LogP contribution in [0.3, 0.4) is 0 Å². The number of ether oxygens (including phenoxy) is 2. The first-order valence-corrected chi connectivity index (χ1v) is 15.1. The molecule has 5 aliphatic rings. The third-order valence-electron chi connectivity index (χ3n) is 7.69. The summed E-state index contributed by atoms with van der Waals surface area (Å²) in [7, 11) is -0.291. The number of benzene rings is 1. The smallest absolute Gasteiger partial charge is 0.312 e. The molecule has 210 valence electrons. The molecule has 5 fully saturated rings. The van der Waals surface area contributed by atoms with E-state index in [9.17, 15) is 22.8 Å². The van der Waals surface area contributed by atoms with E-state index in [1.54, 1.807) is 26.2 Å². The fourth-order valence-corrected chi connectivity index (χ4v) is 9.45. The Labute approximate surface area is 232 Å². The molecule has 2 unspecified atom stereocenters. The normalized spacial score (nSPS) is 30.1. The maximum absolute atomic E-state index is 13.0. The van der Waals surface area contributed by atoms with E-state index in [-0.39, 0.29) is 21.8 Å². The van der Waals surface area contributed by atoms with Crippen LogP contribution in [0.4, 0.5) is 5.69 Å². The number of carbonyl (C=O) groups excluding carboxylic acids is 3. The molecule has 1 aromatic rings. The van der Waals surface area contributed by atoms with Gasteiger partial charge in [-0.1, -0.05) is 22.0 Å². The van der Waals surface area contributed by atoms with Crippen molar-refractivity contribution in [2.24, 2.45) is 17.3 Å². The molecule has 4 saturated carbocycles. The summed E-state index contributed by atoms with van der Waals surface area (Å²) in [6.45, 7) is 0.939. The highest BCUT2D eigenvalue weighted by atomic mass is 79.9. The van der Waals surface area contributed by atoms with Crippen LogP contribution in [0, 0.1) is 17.3 Å². The van der Waals surface area contributed by atoms with Gasteiger partial charge in [0.25, 0.3) is 5.91 Å². The lowest BCUT2D eigenvalue weighted by Crippen LogP contribution is -2.56. The SMILES string of the molecule is CN(C)C=O.O=C(COC(=O)C12CC3CC(CC(Br)(C3)C1)C2)Nc1cccc(S(=O)(=O)N2CCOCC2)c1. The number of esters is 1. The Bertz CT molecular complexity index is 1140. The van der Waals surface area contributed by atoms with Gasteiger partial charge >= 0.3 is 5.97 Å². The summed E-state index contributed by atoms with van der Waals surface area (Å²) in [5.41, 5.74) is -0.139. The van der Waals surface area contributed by atoms with Crippen molar-refractivity contribution in [3.63, 3.8) is 0 Å². The molecule has 38 heavy (non-hydrogen) atoms. The molecular formula is C26H36BrN3O7S. The molecule has 4 bridgehead atoms. The van der Waals surface area contributed by atoms with Crippen LogP contribution in [0.2, 0.25) is 0 Å². The van der Waals surface area contributed by atoms with Crippen molar-refractivity contribution in [3.05, 3.63) is 24.3 Å². The van der Waals surface area contributed by atoms with Gasteiger partial charge in [0.05, 0.1) is 23.5 Å². The minimum absolute atomic E-state index is 0.0325. The molecule has 1 aromatic carbocycles. The van der Waals surface area contributed by atoms with Crippen molar-refractivity contribution < 1.29 is 32.3 Å². The Hall–Kier alpha value is -2.02. The third-order valence-corrected chi connectivity index (χ3v) is 10.5. The zero-order valence-electron chi connectivity index (χ0n) is 21.9. The van der Waals surface area contributed by atoms with Crippen molar-refractivity contribution in [2.75, 3.05) is 52.3 Å². The van der Waals surface area contributed by atoms with E-state index >= 15 is 0 Å². The molecule has 0 aromatic heterocycles. The summed E-state index contributed by atoms with van der Waals surface area (Å²) in [4.78, 5) is 36.5. The summed E-state index contributed by atoms with van der Waals surface area (Å²) in [5, 5.41) is 2.66. The largest absolute Gasteiger partial charge is 0.455 e. The van der Waals surface area contributed by atoms with Crippen LogP contribution >= 0.6 is 15.9 Å². The monoisotopic (exact) mass is 613 g/mol. The highest BCUT2D eigenvalue weighted by Gasteiger charge is 2.60. The maximum Gasteiger partial charge on any atom is 0.312 e. The topological polar surface area (TPSA) is 122 Å². The number of sulfonamides is 1. The molecule has 1 N–H and O–H groups in total. The Balaban J connectivity index is 0.000000617. The molecule has 12 heteroatoms. The van der Waals surface area contributed by atoms with Gasteiger partial charge < -0.3 is 19.7 Å². The van der Waals surface area contributed by atoms with Crippen molar-refractivity contribution in [2.45, 2.75) is 47.7 Å². The minimum Gasteiger partial charge on any atom is -0.455 e. The lowest BCUT2D eigenvalue weighted by molar-refractivity contribution is -0.170. The summed E-state index contributed by atoms with van der Waals surface area (Å²) in [6.07, 6.45) is 6.63. The fourth-order valence-electron chi connectivity index (χ4n) is 6.54. The molecule has 4 aliphatic carbocycles. The Kier molecular flexibility index (Phi) is 8.85. The molecule has 0 spiro atoms. The summed E-state index contributed by atoms with van der Waals surface area (Å²) < 4.78 is 37.8. The van der Waals surface area contributed by atoms with E-state index in [2.05, 4.69) is 21.2 Å². The number of nitrogens with one attached hydrogen (secondary N) is 1. The van der Waals surface area contributed by atoms with Crippen LogP contribution in [0.1, 0.15) is 38.5 Å². The third kappa shape index (κ3) is 6.57. The second-order valence-electron chi connectivity index (χ2n) is 11.1. The first-order chi connectivity index (χ1) is 17.9. The average molecular weight is 615 g/mol. The van der Waals surface area contributed by atoms with Gasteiger partial charge in [-0.2, -0.15) is 4.31 Å². The number of hydrogen-bond acceptors (Lipinski definition) is 7. The van der Waals surface area contributed by atoms with Gasteiger partial charge in [-0.25, -0.2) is 8.42 Å². The maximum atomic E-state index is 13.0. The number of anilines is 1. The Morgan fingerprint density at radius 2 is 1.82 bits per heavy atom. The van der Waals surface area contributed by atoms with Gasteiger partial charge in [-0.15, -0.1) is 0 Å². The van der Waals surface area contributed by atoms with E-state index in [4.69, 9.17) is 9.47 Å². The van der Waals surface area contributed by atoms with Crippen LogP contribution in [0.15, 0.2) is 29.2 Å². The Morgan fingerprint density at radius 1 is 1.18 bits per heavy atom. The number of amides is 2. The van der Waals surface area contributed by atoms with Crippen LogP contribution in [-0.2, 0) is 33.9 Å². The number of rotatable bonds is 7. The molecule has 1 saturated heterocycles. The lowest BCUT2D eigenvalue weighted by Gasteiger charge is -2.58. The standard InChI is InChI=1S/C23H29BrN2O6S.C3H7NO/c24-23-12-16-8-17(13-23)11-22(10-16,15-23)21(28)32-14-20(27)25-18-2-1-3-19(9-18)33(29,30)26-4-6-31-7-5-26;1-4(2)3-5/h1-3,9,16-17H,4-8,10-15H2,(H,25,27);3H,1-2H3. The van der Waals surface area contributed by atoms with E-state index < -0.39 is 21.3 Å². The number of hydrogen-bond donors (Lipinski definition) is 1. The van der Waals surface area contributed by atoms with Crippen molar-refractivity contribution >= 4 is 49.9 Å². The number of nitrogens with zero attached hydrogens (tertiary/aromatic N) is 2. The second kappa shape index (κ2) is 11.6. The number of halogens is 1. The highest BCUT2D eigenvalue weighted by molar-refractivity contribution is 9.10. The van der Waals surface area contributed by atoms with E-state index in [0.29, 0.717) is 43.8 Å². The van der Waals surface area contributed by atoms with Gasteiger partial charge in [0, 0.05) is 37.2 Å². The number of carbonyl (C=O) groups is 3. The van der Waals surface area contributed by atoms with Gasteiger partial charge in [0.15, 0.2) is 6.61 Å². The predicted octanol–water partition coefficient (Wildman–Crippen LogP) is 2.63. The quantitative estimate of drug-likeness (QED) is 0.285. The summed E-state index contributed by atoms with van der Waals surface area (Å²) in [6, 6.07) is 6.13. The highest BCUT2D eigenvalue weighted by Crippen LogP contribution is 2.64. The first-order valence-electron chi connectivity index (χ1n) is 12.9. The van der Waals surface area contributed by atoms with Gasteiger partial charge in [0.2, 0.25) is 16.4 Å². The van der Waals surface area contributed by atoms with Crippen molar-refractivity contribution in [1.29, 1.82) is 0 Å². The molecule has 6 rings (SSSR count). The second-order valence-corrected chi connectivity index (χ2v) is 14.8. The molecule has 2 amide bonds. The molecule has 1 heterocycles. The first kappa shape index (κ1) is 29.0.